The van der Waals surface area contributed by atoms with Crippen LogP contribution >= 0.6 is 48.9 Å². The summed E-state index contributed by atoms with van der Waals surface area (Å²) in [7, 11) is 0. The molecule has 0 aliphatic rings. The Bertz CT molecular complexity index is 3210. The van der Waals surface area contributed by atoms with Gasteiger partial charge in [-0.1, -0.05) is 243 Å². The number of thiocarbonyl (C=S) groups is 4. The molecule has 0 amide bonds. The van der Waals surface area contributed by atoms with Gasteiger partial charge in [0.05, 0.1) is 0 Å². The summed E-state index contributed by atoms with van der Waals surface area (Å²) >= 11 is 14.8. The fourth-order valence-corrected chi connectivity index (χ4v) is 7.01. The Balaban J connectivity index is -0.000000280. The second-order valence-electron chi connectivity index (χ2n) is 18.4. The van der Waals surface area contributed by atoms with Crippen molar-refractivity contribution < 1.29 is 161 Å². The van der Waals surface area contributed by atoms with Crippen molar-refractivity contribution in [2.75, 3.05) is 52.4 Å². The Kier molecular flexibility index (Phi) is 75.8. The second kappa shape index (κ2) is 73.3. The molecule has 0 spiro atoms. The van der Waals surface area contributed by atoms with Crippen molar-refractivity contribution in [1.29, 1.82) is 0 Å². The Labute approximate surface area is 697 Å². The third-order valence-electron chi connectivity index (χ3n) is 11.5. The van der Waals surface area contributed by atoms with E-state index in [-0.39, 0.29) is 167 Å². The Morgan fingerprint density at radius 3 is 0.402 bits per heavy atom. The van der Waals surface area contributed by atoms with Gasteiger partial charge in [0.15, 0.2) is 0 Å². The molecule has 0 saturated carbocycles. The third-order valence-corrected chi connectivity index (χ3v) is 11.5. The predicted molar refractivity (Wildman–Crippen MR) is 389 cm³/mol. The van der Waals surface area contributed by atoms with E-state index in [1.54, 1.807) is 147 Å². The van der Waals surface area contributed by atoms with Crippen LogP contribution in [0.1, 0.15) is 70.2 Å². The maximum absolute atomic E-state index is 11.4. The minimum Gasteiger partial charge on any atom is -0.872 e. The molecule has 8 aromatic carbocycles. The fraction of sp³-hybridized carbons (Fsp3) is 0.167. The summed E-state index contributed by atoms with van der Waals surface area (Å²) in [6, 6.07) is 54.3. The summed E-state index contributed by atoms with van der Waals surface area (Å²) in [5.41, 5.74) is 4.79. The van der Waals surface area contributed by atoms with Crippen LogP contribution < -0.4 is 40.9 Å². The summed E-state index contributed by atoms with van der Waals surface area (Å²) in [6.45, 7) is 4.82. The van der Waals surface area contributed by atoms with Gasteiger partial charge in [-0.2, -0.15) is 20.6 Å². The molecule has 30 heteroatoms. The molecule has 0 N–H and O–H groups in total. The Morgan fingerprint density at radius 2 is 0.314 bits per heavy atom. The molecule has 0 aromatic heterocycles. The SMILES string of the molecule is [Cd+2].[Cd+2].[N-]=C=S.[N-]=C=S.[N-]=C=S.[N-]=C=S.[Ni+2].[Ni+2].[Ni+2].[Ni+2].[O-]c1ccccc1C=NCCCN=Cc1ccccc1[O-].[O-]c1ccccc1C=NCCCN=Cc1ccccc1[O-].[O-]c1ccccc1C=NCCCN=Cc1ccccc1[O-].[O-]c1ccccc1C=NCCCN=Cc1ccccc1[O-]. The number of aliphatic imine (C=N–C) groups is 8. The standard InChI is InChI=1S/4C17H18N2O2.4CNS.2Cd.4Ni/c4*20-16-8-3-1-6-14(16)12-18-10-5-11-19-13-15-7-2-4-9-17(15)21;4*2-1-3;;;;;;/h4*1-4,6-9,12-13,20-21H,5,10-11H2;;;;;;;;;;/q;;;;4*-1;6*+2/p-8. The number of hydrogen-bond acceptors (Lipinski definition) is 20. The zero-order valence-electron chi connectivity index (χ0n) is 54.5. The topological polar surface area (TPSA) is 373 Å². The summed E-state index contributed by atoms with van der Waals surface area (Å²) in [5, 5.41) is 125. The van der Waals surface area contributed by atoms with E-state index in [1.807, 2.05) is 48.5 Å². The van der Waals surface area contributed by atoms with E-state index < -0.39 is 0 Å². The van der Waals surface area contributed by atoms with Crippen LogP contribution in [-0.2, 0) is 121 Å². The van der Waals surface area contributed by atoms with Gasteiger partial charge in [-0.3, -0.25) is 39.9 Å². The Hall–Kier alpha value is -7.46. The van der Waals surface area contributed by atoms with Crippen LogP contribution in [0, 0.1) is 0 Å². The van der Waals surface area contributed by atoms with Crippen LogP contribution in [0.4, 0.5) is 0 Å². The van der Waals surface area contributed by atoms with E-state index in [9.17, 15) is 40.9 Å². The number of para-hydroxylation sites is 8. The zero-order chi connectivity index (χ0) is 70.5. The van der Waals surface area contributed by atoms with Crippen LogP contribution in [0.2, 0.25) is 0 Å². The minimum absolute atomic E-state index is 0. The molecule has 20 nitrogen and oxygen atoms in total. The monoisotopic (exact) mass is 1810 g/mol. The van der Waals surface area contributed by atoms with Gasteiger partial charge in [0.25, 0.3) is 0 Å². The van der Waals surface area contributed by atoms with Crippen molar-refractivity contribution >= 4 is 119 Å². The summed E-state index contributed by atoms with van der Waals surface area (Å²) in [5.74, 6) is -0.175. The van der Waals surface area contributed by atoms with Crippen molar-refractivity contribution in [2.24, 2.45) is 39.9 Å². The van der Waals surface area contributed by atoms with Crippen LogP contribution in [-0.4, -0.2) is 123 Å². The molecule has 0 unspecified atom stereocenters. The van der Waals surface area contributed by atoms with Gasteiger partial charge < -0.3 is 62.5 Å². The second-order valence-corrected chi connectivity index (χ2v) is 19.1. The maximum Gasteiger partial charge on any atom is 2.00 e. The number of hydrogen-bond donors (Lipinski definition) is 0. The van der Waals surface area contributed by atoms with E-state index in [0.717, 1.165) is 25.7 Å². The molecule has 102 heavy (non-hydrogen) atoms. The smallest absolute Gasteiger partial charge is 0.872 e. The normalized spacial score (nSPS) is 9.73. The van der Waals surface area contributed by atoms with Crippen molar-refractivity contribution in [3.63, 3.8) is 0 Å². The molecule has 0 aliphatic heterocycles. The van der Waals surface area contributed by atoms with Crippen molar-refractivity contribution in [2.45, 2.75) is 25.7 Å². The minimum atomic E-state index is -0.0219. The number of nitrogens with zero attached hydrogens (tertiary/aromatic N) is 12. The summed E-state index contributed by atoms with van der Waals surface area (Å²) < 4.78 is 0. The Morgan fingerprint density at radius 1 is 0.225 bits per heavy atom. The van der Waals surface area contributed by atoms with Gasteiger partial charge in [-0.15, -0.1) is 46.0 Å². The van der Waals surface area contributed by atoms with Gasteiger partial charge in [-0.25, -0.2) is 0 Å². The first-order chi connectivity index (χ1) is 46.7. The third kappa shape index (κ3) is 53.4. The molecule has 8 aromatic rings. The first kappa shape index (κ1) is 106. The molecule has 0 aliphatic carbocycles. The van der Waals surface area contributed by atoms with Crippen molar-refractivity contribution in [1.82, 2.24) is 0 Å². The van der Waals surface area contributed by atoms with Gasteiger partial charge in [0, 0.05) is 102 Å². The molecule has 0 heterocycles. The van der Waals surface area contributed by atoms with E-state index in [4.69, 9.17) is 21.6 Å². The maximum atomic E-state index is 11.4. The van der Waals surface area contributed by atoms with Gasteiger partial charge in [0.1, 0.15) is 0 Å². The van der Waals surface area contributed by atoms with Crippen LogP contribution in [0.5, 0.6) is 46.0 Å². The van der Waals surface area contributed by atoms with Gasteiger partial charge in [0.2, 0.25) is 0 Å². The molecular weight excluding hydrogens is 1750 g/mol. The van der Waals surface area contributed by atoms with Gasteiger partial charge >= 0.3 is 121 Å². The largest absolute Gasteiger partial charge is 2.00 e. The fourth-order valence-electron chi connectivity index (χ4n) is 7.01. The number of benzene rings is 8. The van der Waals surface area contributed by atoms with Crippen molar-refractivity contribution in [3.8, 4) is 46.0 Å². The van der Waals surface area contributed by atoms with Gasteiger partial charge in [-0.05, 0) is 70.2 Å². The molecular formula is C72H64Cd2N12Ni4O8S4. The van der Waals surface area contributed by atoms with Crippen LogP contribution in [0.25, 0.3) is 21.6 Å². The zero-order valence-corrected chi connectivity index (χ0v) is 69.8. The van der Waals surface area contributed by atoms with E-state index in [0.29, 0.717) is 96.9 Å². The summed E-state index contributed by atoms with van der Waals surface area (Å²) in [4.78, 5) is 33.6. The quantitative estimate of drug-likeness (QED) is 0.0236. The van der Waals surface area contributed by atoms with Crippen molar-refractivity contribution in [3.05, 3.63) is 260 Å². The van der Waals surface area contributed by atoms with E-state index in [2.05, 4.69) is 88.8 Å². The molecule has 528 valence electrons. The average Bonchev–Trinajstić information content (AvgIpc) is 1.01. The molecule has 0 fully saturated rings. The summed E-state index contributed by atoms with van der Waals surface area (Å²) in [6.07, 6.45) is 15.9. The molecule has 8 rings (SSSR count). The molecule has 0 saturated heterocycles. The van der Waals surface area contributed by atoms with Crippen LogP contribution in [0.3, 0.4) is 0 Å². The van der Waals surface area contributed by atoms with E-state index in [1.165, 1.54) is 69.2 Å². The molecule has 0 radical (unpaired) electrons. The number of rotatable bonds is 24. The first-order valence-corrected chi connectivity index (χ1v) is 30.5. The predicted octanol–water partition coefficient (Wildman–Crippen LogP) is 9.67. The molecule has 0 bridgehead atoms. The van der Waals surface area contributed by atoms with Crippen LogP contribution in [0.15, 0.2) is 234 Å². The van der Waals surface area contributed by atoms with E-state index >= 15 is 0 Å². The first-order valence-electron chi connectivity index (χ1n) is 28.9. The molecule has 0 atom stereocenters. The average molecular weight is 1810 g/mol. The number of isothiocyanates is 4.